The maximum absolute atomic E-state index is 12.2. The maximum atomic E-state index is 12.2. The highest BCUT2D eigenvalue weighted by atomic mass is 32.2. The quantitative estimate of drug-likeness (QED) is 0.890. The molecule has 20 heavy (non-hydrogen) atoms. The lowest BCUT2D eigenvalue weighted by Crippen LogP contribution is -2.24. The number of aromatic nitrogens is 2. The molecule has 0 radical (unpaired) electrons. The molecule has 0 aliphatic heterocycles. The average molecular weight is 297 g/mol. The first-order valence-electron chi connectivity index (χ1n) is 5.85. The number of nitrogens with one attached hydrogen (secondary N) is 1. The van der Waals surface area contributed by atoms with Gasteiger partial charge in [-0.05, 0) is 30.7 Å². The Morgan fingerprint density at radius 1 is 1.30 bits per heavy atom. The van der Waals surface area contributed by atoms with Crippen LogP contribution >= 0.6 is 0 Å². The lowest BCUT2D eigenvalue weighted by atomic mass is 10.2. The molecule has 0 saturated carbocycles. The van der Waals surface area contributed by atoms with Gasteiger partial charge in [0, 0.05) is 6.92 Å². The Balaban J connectivity index is 2.18. The van der Waals surface area contributed by atoms with Crippen molar-refractivity contribution in [3.63, 3.8) is 0 Å². The van der Waals surface area contributed by atoms with Gasteiger partial charge in [-0.15, -0.1) is 10.2 Å². The van der Waals surface area contributed by atoms with Crippen molar-refractivity contribution >= 4 is 10.0 Å². The van der Waals surface area contributed by atoms with E-state index in [9.17, 15) is 8.42 Å². The largest absolute Gasteiger partial charge is 0.497 e. The second-order valence-corrected chi connectivity index (χ2v) is 5.91. The summed E-state index contributed by atoms with van der Waals surface area (Å²) in [5.41, 5.74) is 0.596. The van der Waals surface area contributed by atoms with Crippen molar-refractivity contribution in [1.82, 2.24) is 14.9 Å². The Morgan fingerprint density at radius 3 is 2.60 bits per heavy atom. The summed E-state index contributed by atoms with van der Waals surface area (Å²) in [7, 11) is -2.11. The van der Waals surface area contributed by atoms with E-state index in [1.165, 1.54) is 13.2 Å². The Labute approximate surface area is 117 Å². The van der Waals surface area contributed by atoms with Gasteiger partial charge in [-0.1, -0.05) is 0 Å². The van der Waals surface area contributed by atoms with Crippen molar-refractivity contribution < 1.29 is 17.6 Å². The zero-order chi connectivity index (χ0) is 14.8. The topological polar surface area (TPSA) is 94.3 Å². The SMILES string of the molecule is COc1ccc(S(=O)(=O)NCc2nnc(C)o2)c(C)c1. The third-order valence-corrected chi connectivity index (χ3v) is 4.21. The monoisotopic (exact) mass is 297 g/mol. The summed E-state index contributed by atoms with van der Waals surface area (Å²) in [6, 6.07) is 4.75. The standard InChI is InChI=1S/C12H15N3O4S/c1-8-6-10(18-3)4-5-11(8)20(16,17)13-7-12-15-14-9(2)19-12/h4-6,13H,7H2,1-3H3. The summed E-state index contributed by atoms with van der Waals surface area (Å²) in [4.78, 5) is 0.189. The van der Waals surface area contributed by atoms with Gasteiger partial charge < -0.3 is 9.15 Å². The molecule has 2 rings (SSSR count). The average Bonchev–Trinajstić information content (AvgIpc) is 2.82. The maximum Gasteiger partial charge on any atom is 0.241 e. The van der Waals surface area contributed by atoms with Crippen LogP contribution in [0.2, 0.25) is 0 Å². The van der Waals surface area contributed by atoms with Crippen LogP contribution in [0, 0.1) is 13.8 Å². The number of methoxy groups -OCH3 is 1. The second kappa shape index (κ2) is 5.59. The first-order valence-corrected chi connectivity index (χ1v) is 7.34. The van der Waals surface area contributed by atoms with E-state index in [1.807, 2.05) is 0 Å². The van der Waals surface area contributed by atoms with Crippen molar-refractivity contribution in [2.75, 3.05) is 7.11 Å². The van der Waals surface area contributed by atoms with Crippen LogP contribution < -0.4 is 9.46 Å². The predicted octanol–water partition coefficient (Wildman–Crippen LogP) is 1.17. The second-order valence-electron chi connectivity index (χ2n) is 4.17. The van der Waals surface area contributed by atoms with Gasteiger partial charge in [-0.2, -0.15) is 0 Å². The highest BCUT2D eigenvalue weighted by Gasteiger charge is 2.18. The molecule has 0 aliphatic rings. The van der Waals surface area contributed by atoms with E-state index in [0.717, 1.165) is 0 Å². The Morgan fingerprint density at radius 2 is 2.05 bits per heavy atom. The van der Waals surface area contributed by atoms with Gasteiger partial charge in [0.05, 0.1) is 18.6 Å². The highest BCUT2D eigenvalue weighted by molar-refractivity contribution is 7.89. The summed E-state index contributed by atoms with van der Waals surface area (Å²) in [5, 5.41) is 7.36. The van der Waals surface area contributed by atoms with Crippen LogP contribution in [-0.4, -0.2) is 25.7 Å². The van der Waals surface area contributed by atoms with Crippen LogP contribution in [0.25, 0.3) is 0 Å². The van der Waals surface area contributed by atoms with Crippen molar-refractivity contribution in [2.45, 2.75) is 25.3 Å². The molecule has 1 aromatic carbocycles. The molecule has 1 heterocycles. The number of hydrogen-bond acceptors (Lipinski definition) is 6. The van der Waals surface area contributed by atoms with E-state index in [0.29, 0.717) is 17.2 Å². The molecule has 0 spiro atoms. The first-order chi connectivity index (χ1) is 9.42. The number of aryl methyl sites for hydroxylation is 2. The zero-order valence-corrected chi connectivity index (χ0v) is 12.2. The van der Waals surface area contributed by atoms with Gasteiger partial charge in [0.1, 0.15) is 5.75 Å². The lowest BCUT2D eigenvalue weighted by molar-refractivity contribution is 0.414. The smallest absolute Gasteiger partial charge is 0.241 e. The van der Waals surface area contributed by atoms with Crippen LogP contribution in [0.3, 0.4) is 0 Å². The Kier molecular flexibility index (Phi) is 4.05. The Bertz CT molecular complexity index is 709. The summed E-state index contributed by atoms with van der Waals surface area (Å²) >= 11 is 0. The van der Waals surface area contributed by atoms with E-state index < -0.39 is 10.0 Å². The summed E-state index contributed by atoms with van der Waals surface area (Å²) in [5.74, 6) is 1.21. The van der Waals surface area contributed by atoms with Crippen LogP contribution in [-0.2, 0) is 16.6 Å². The van der Waals surface area contributed by atoms with E-state index in [2.05, 4.69) is 14.9 Å². The highest BCUT2D eigenvalue weighted by Crippen LogP contribution is 2.20. The van der Waals surface area contributed by atoms with Gasteiger partial charge in [0.25, 0.3) is 0 Å². The molecule has 8 heteroatoms. The van der Waals surface area contributed by atoms with Crippen molar-refractivity contribution in [3.8, 4) is 5.75 Å². The molecule has 0 saturated heterocycles. The molecular formula is C12H15N3O4S. The van der Waals surface area contributed by atoms with Crippen LogP contribution in [0.1, 0.15) is 17.3 Å². The molecule has 0 aliphatic carbocycles. The fourth-order valence-corrected chi connectivity index (χ4v) is 2.89. The predicted molar refractivity (Wildman–Crippen MR) is 70.8 cm³/mol. The van der Waals surface area contributed by atoms with E-state index in [1.54, 1.807) is 26.0 Å². The molecule has 0 fully saturated rings. The number of ether oxygens (including phenoxy) is 1. The normalized spacial score (nSPS) is 11.6. The molecule has 0 bridgehead atoms. The zero-order valence-electron chi connectivity index (χ0n) is 11.4. The molecule has 0 unspecified atom stereocenters. The van der Waals surface area contributed by atoms with E-state index in [-0.39, 0.29) is 17.3 Å². The van der Waals surface area contributed by atoms with Gasteiger partial charge in [-0.25, -0.2) is 13.1 Å². The molecule has 1 aromatic heterocycles. The minimum Gasteiger partial charge on any atom is -0.497 e. The van der Waals surface area contributed by atoms with Crippen molar-refractivity contribution in [1.29, 1.82) is 0 Å². The third kappa shape index (κ3) is 3.14. The molecule has 0 atom stereocenters. The fraction of sp³-hybridized carbons (Fsp3) is 0.333. The van der Waals surface area contributed by atoms with E-state index >= 15 is 0 Å². The summed E-state index contributed by atoms with van der Waals surface area (Å²) in [6.07, 6.45) is 0. The number of sulfonamides is 1. The van der Waals surface area contributed by atoms with Gasteiger partial charge in [0.15, 0.2) is 0 Å². The lowest BCUT2D eigenvalue weighted by Gasteiger charge is -2.09. The van der Waals surface area contributed by atoms with Crippen LogP contribution in [0.4, 0.5) is 0 Å². The van der Waals surface area contributed by atoms with Crippen LogP contribution in [0.5, 0.6) is 5.75 Å². The van der Waals surface area contributed by atoms with Gasteiger partial charge in [-0.3, -0.25) is 0 Å². The molecule has 0 amide bonds. The molecule has 2 aromatic rings. The summed E-state index contributed by atoms with van der Waals surface area (Å²) < 4.78 is 37.0. The first kappa shape index (κ1) is 14.5. The Hall–Kier alpha value is -1.93. The minimum absolute atomic E-state index is 0.0470. The number of hydrogen-bond donors (Lipinski definition) is 1. The van der Waals surface area contributed by atoms with Crippen molar-refractivity contribution in [2.24, 2.45) is 0 Å². The third-order valence-electron chi connectivity index (χ3n) is 2.65. The van der Waals surface area contributed by atoms with Gasteiger partial charge >= 0.3 is 0 Å². The van der Waals surface area contributed by atoms with Crippen molar-refractivity contribution in [3.05, 3.63) is 35.5 Å². The van der Waals surface area contributed by atoms with E-state index in [4.69, 9.17) is 9.15 Å². The minimum atomic E-state index is -3.64. The van der Waals surface area contributed by atoms with Gasteiger partial charge in [0.2, 0.25) is 21.8 Å². The summed E-state index contributed by atoms with van der Waals surface area (Å²) in [6.45, 7) is 3.29. The molecule has 1 N–H and O–H groups in total. The number of benzene rings is 1. The number of rotatable bonds is 5. The van der Waals surface area contributed by atoms with Crippen LogP contribution in [0.15, 0.2) is 27.5 Å². The molecular weight excluding hydrogens is 282 g/mol. The number of nitrogens with zero attached hydrogens (tertiary/aromatic N) is 2. The molecule has 108 valence electrons. The molecule has 7 nitrogen and oxygen atoms in total. The fourth-order valence-electron chi connectivity index (χ4n) is 1.69.